The molecule has 0 amide bonds. The van der Waals surface area contributed by atoms with E-state index in [0.29, 0.717) is 5.25 Å². The van der Waals surface area contributed by atoms with E-state index < -0.39 is 0 Å². The first-order valence-electron chi connectivity index (χ1n) is 5.18. The normalized spacial score (nSPS) is 18.6. The SMILES string of the molecule is c1ccc2c(c1)CC(CSc1nccs1)S2. The molecule has 16 heavy (non-hydrogen) atoms. The third kappa shape index (κ3) is 2.29. The molecule has 4 heteroatoms. The molecule has 0 radical (unpaired) electrons. The average Bonchev–Trinajstić information content (AvgIpc) is 2.95. The second kappa shape index (κ2) is 4.82. The Morgan fingerprint density at radius 1 is 1.38 bits per heavy atom. The minimum absolute atomic E-state index is 0.714. The lowest BCUT2D eigenvalue weighted by Gasteiger charge is -2.05. The molecule has 82 valence electrons. The zero-order valence-corrected chi connectivity index (χ0v) is 11.1. The van der Waals surface area contributed by atoms with Crippen molar-refractivity contribution in [1.82, 2.24) is 4.98 Å². The van der Waals surface area contributed by atoms with Crippen LogP contribution in [0.3, 0.4) is 0 Å². The Balaban J connectivity index is 1.60. The fraction of sp³-hybridized carbons (Fsp3) is 0.250. The summed E-state index contributed by atoms with van der Waals surface area (Å²) in [6.45, 7) is 0. The van der Waals surface area contributed by atoms with Gasteiger partial charge in [-0.05, 0) is 18.1 Å². The molecule has 0 spiro atoms. The Labute approximate surface area is 108 Å². The number of thioether (sulfide) groups is 2. The number of nitrogens with zero attached hydrogens (tertiary/aromatic N) is 1. The summed E-state index contributed by atoms with van der Waals surface area (Å²) in [4.78, 5) is 5.76. The van der Waals surface area contributed by atoms with Gasteiger partial charge in [0.15, 0.2) is 0 Å². The molecule has 1 atom stereocenters. The molecule has 2 heterocycles. The molecular weight excluding hydrogens is 254 g/mol. The molecule has 1 aromatic heterocycles. The Morgan fingerprint density at radius 2 is 2.31 bits per heavy atom. The first kappa shape index (κ1) is 10.7. The number of hydrogen-bond acceptors (Lipinski definition) is 4. The van der Waals surface area contributed by atoms with Crippen LogP contribution < -0.4 is 0 Å². The van der Waals surface area contributed by atoms with Gasteiger partial charge in [-0.25, -0.2) is 4.98 Å². The van der Waals surface area contributed by atoms with E-state index in [9.17, 15) is 0 Å². The largest absolute Gasteiger partial charge is 0.238 e. The van der Waals surface area contributed by atoms with Crippen LogP contribution in [-0.2, 0) is 6.42 Å². The molecule has 0 bridgehead atoms. The first-order valence-corrected chi connectivity index (χ1v) is 7.93. The highest BCUT2D eigenvalue weighted by Crippen LogP contribution is 2.39. The zero-order valence-electron chi connectivity index (χ0n) is 8.63. The van der Waals surface area contributed by atoms with Gasteiger partial charge in [-0.1, -0.05) is 30.0 Å². The van der Waals surface area contributed by atoms with Crippen LogP contribution in [0, 0.1) is 0 Å². The smallest absolute Gasteiger partial charge is 0.149 e. The maximum atomic E-state index is 4.30. The van der Waals surface area contributed by atoms with Crippen molar-refractivity contribution in [2.75, 3.05) is 5.75 Å². The third-order valence-electron chi connectivity index (χ3n) is 2.52. The van der Waals surface area contributed by atoms with Gasteiger partial charge in [0.2, 0.25) is 0 Å². The minimum atomic E-state index is 0.714. The first-order chi connectivity index (χ1) is 7.92. The van der Waals surface area contributed by atoms with Crippen LogP contribution in [-0.4, -0.2) is 16.0 Å². The summed E-state index contributed by atoms with van der Waals surface area (Å²) >= 11 is 5.63. The summed E-state index contributed by atoms with van der Waals surface area (Å²) in [5.74, 6) is 1.16. The monoisotopic (exact) mass is 265 g/mol. The molecule has 1 aliphatic rings. The van der Waals surface area contributed by atoms with Crippen molar-refractivity contribution in [3.05, 3.63) is 41.4 Å². The van der Waals surface area contributed by atoms with E-state index in [1.807, 2.05) is 35.1 Å². The van der Waals surface area contributed by atoms with Gasteiger partial charge in [-0.15, -0.1) is 23.1 Å². The predicted octanol–water partition coefficient (Wildman–Crippen LogP) is 3.95. The maximum Gasteiger partial charge on any atom is 0.149 e. The molecule has 0 fully saturated rings. The van der Waals surface area contributed by atoms with Crippen LogP contribution in [0.2, 0.25) is 0 Å². The fourth-order valence-electron chi connectivity index (χ4n) is 1.79. The molecule has 1 aromatic carbocycles. The molecule has 0 N–H and O–H groups in total. The average molecular weight is 265 g/mol. The summed E-state index contributed by atoms with van der Waals surface area (Å²) in [6.07, 6.45) is 3.09. The highest BCUT2D eigenvalue weighted by atomic mass is 32.2. The Hall–Kier alpha value is -0.450. The van der Waals surface area contributed by atoms with E-state index in [0.717, 1.165) is 5.75 Å². The summed E-state index contributed by atoms with van der Waals surface area (Å²) in [5, 5.41) is 2.75. The summed E-state index contributed by atoms with van der Waals surface area (Å²) in [6, 6.07) is 8.74. The molecule has 1 aliphatic heterocycles. The number of hydrogen-bond donors (Lipinski definition) is 0. The second-order valence-electron chi connectivity index (χ2n) is 3.66. The second-order valence-corrected chi connectivity index (χ2v) is 7.16. The van der Waals surface area contributed by atoms with Gasteiger partial charge in [0.1, 0.15) is 4.34 Å². The molecule has 0 saturated heterocycles. The lowest BCUT2D eigenvalue weighted by Crippen LogP contribution is -2.03. The van der Waals surface area contributed by atoms with E-state index >= 15 is 0 Å². The number of fused-ring (bicyclic) bond motifs is 1. The number of aromatic nitrogens is 1. The number of benzene rings is 1. The Kier molecular flexibility index (Phi) is 3.22. The van der Waals surface area contributed by atoms with Crippen LogP contribution in [0.25, 0.3) is 0 Å². The van der Waals surface area contributed by atoms with Gasteiger partial charge in [-0.2, -0.15) is 0 Å². The van der Waals surface area contributed by atoms with Crippen molar-refractivity contribution in [3.8, 4) is 0 Å². The standard InChI is InChI=1S/C12H11NS3/c1-2-4-11-9(3-1)7-10(16-11)8-15-12-13-5-6-14-12/h1-6,10H,7-8H2. The van der Waals surface area contributed by atoms with Gasteiger partial charge in [0.05, 0.1) is 0 Å². The van der Waals surface area contributed by atoms with E-state index in [1.54, 1.807) is 11.3 Å². The summed E-state index contributed by atoms with van der Waals surface area (Å²) in [5.41, 5.74) is 1.51. The van der Waals surface area contributed by atoms with E-state index in [2.05, 4.69) is 29.2 Å². The van der Waals surface area contributed by atoms with E-state index in [-0.39, 0.29) is 0 Å². The fourth-order valence-corrected chi connectivity index (χ4v) is 4.94. The molecule has 3 rings (SSSR count). The Morgan fingerprint density at radius 3 is 3.12 bits per heavy atom. The Bertz CT molecular complexity index is 442. The van der Waals surface area contributed by atoms with Crippen LogP contribution in [0.15, 0.2) is 45.1 Å². The van der Waals surface area contributed by atoms with Crippen molar-refractivity contribution in [2.24, 2.45) is 0 Å². The molecule has 0 aliphatic carbocycles. The lowest BCUT2D eigenvalue weighted by atomic mass is 10.1. The van der Waals surface area contributed by atoms with Crippen LogP contribution in [0.1, 0.15) is 5.56 Å². The summed E-state index contributed by atoms with van der Waals surface area (Å²) < 4.78 is 1.19. The van der Waals surface area contributed by atoms with Crippen molar-refractivity contribution in [1.29, 1.82) is 0 Å². The van der Waals surface area contributed by atoms with Gasteiger partial charge in [0, 0.05) is 27.5 Å². The van der Waals surface area contributed by atoms with E-state index in [4.69, 9.17) is 0 Å². The van der Waals surface area contributed by atoms with Crippen molar-refractivity contribution < 1.29 is 0 Å². The quantitative estimate of drug-likeness (QED) is 0.780. The highest BCUT2D eigenvalue weighted by Gasteiger charge is 2.21. The predicted molar refractivity (Wildman–Crippen MR) is 72.6 cm³/mol. The number of thiazole rings is 1. The van der Waals surface area contributed by atoms with Crippen LogP contribution >= 0.6 is 34.9 Å². The molecule has 1 unspecified atom stereocenters. The molecule has 1 nitrogen and oxygen atoms in total. The van der Waals surface area contributed by atoms with Gasteiger partial charge in [0.25, 0.3) is 0 Å². The maximum absolute atomic E-state index is 4.30. The summed E-state index contributed by atoms with van der Waals surface area (Å²) in [7, 11) is 0. The van der Waals surface area contributed by atoms with E-state index in [1.165, 1.54) is 21.2 Å². The van der Waals surface area contributed by atoms with Crippen LogP contribution in [0.4, 0.5) is 0 Å². The van der Waals surface area contributed by atoms with Crippen molar-refractivity contribution in [3.63, 3.8) is 0 Å². The topological polar surface area (TPSA) is 12.9 Å². The third-order valence-corrected chi connectivity index (χ3v) is 6.17. The molecule has 0 saturated carbocycles. The number of rotatable bonds is 3. The minimum Gasteiger partial charge on any atom is -0.238 e. The zero-order chi connectivity index (χ0) is 10.8. The van der Waals surface area contributed by atoms with Crippen LogP contribution in [0.5, 0.6) is 0 Å². The van der Waals surface area contributed by atoms with Crippen molar-refractivity contribution in [2.45, 2.75) is 20.9 Å². The van der Waals surface area contributed by atoms with Gasteiger partial charge < -0.3 is 0 Å². The molecule has 2 aromatic rings. The highest BCUT2D eigenvalue weighted by molar-refractivity contribution is 8.04. The molecular formula is C12H11NS3. The van der Waals surface area contributed by atoms with Crippen molar-refractivity contribution >= 4 is 34.9 Å². The lowest BCUT2D eigenvalue weighted by molar-refractivity contribution is 0.969. The van der Waals surface area contributed by atoms with Gasteiger partial charge in [-0.3, -0.25) is 0 Å². The van der Waals surface area contributed by atoms with Gasteiger partial charge >= 0.3 is 0 Å².